The summed E-state index contributed by atoms with van der Waals surface area (Å²) in [7, 11) is 0. The van der Waals surface area contributed by atoms with Crippen LogP contribution in [0.5, 0.6) is 5.75 Å². The number of furan rings is 1. The van der Waals surface area contributed by atoms with Crippen molar-refractivity contribution >= 4 is 39.9 Å². The summed E-state index contributed by atoms with van der Waals surface area (Å²) in [6.07, 6.45) is 2.79. The summed E-state index contributed by atoms with van der Waals surface area (Å²) >= 11 is 3.31. The number of hydrazone groups is 1. The fourth-order valence-electron chi connectivity index (χ4n) is 2.25. The molecule has 3 aromatic rings. The molecular formula is C21H16BrN3O5. The van der Waals surface area contributed by atoms with Crippen LogP contribution in [0.4, 0.5) is 0 Å². The molecule has 152 valence electrons. The lowest BCUT2D eigenvalue weighted by Crippen LogP contribution is -2.34. The van der Waals surface area contributed by atoms with Crippen molar-refractivity contribution < 1.29 is 23.5 Å². The Labute approximate surface area is 180 Å². The maximum atomic E-state index is 12.1. The fraction of sp³-hybridized carbons (Fsp3) is 0.0476. The normalized spacial score (nSPS) is 10.6. The smallest absolute Gasteiger partial charge is 0.343 e. The van der Waals surface area contributed by atoms with Crippen molar-refractivity contribution in [3.05, 3.63) is 88.3 Å². The molecule has 2 N–H and O–H groups in total. The molecule has 0 unspecified atom stereocenters. The second-order valence-electron chi connectivity index (χ2n) is 5.92. The number of nitrogens with zero attached hydrogens (tertiary/aromatic N) is 1. The van der Waals surface area contributed by atoms with E-state index in [1.807, 2.05) is 0 Å². The second-order valence-corrected chi connectivity index (χ2v) is 6.83. The van der Waals surface area contributed by atoms with E-state index in [1.54, 1.807) is 54.6 Å². The average Bonchev–Trinajstić information content (AvgIpc) is 3.29. The van der Waals surface area contributed by atoms with E-state index >= 15 is 0 Å². The molecule has 0 fully saturated rings. The minimum absolute atomic E-state index is 0.118. The number of halogens is 1. The van der Waals surface area contributed by atoms with E-state index in [0.29, 0.717) is 16.9 Å². The Morgan fingerprint density at radius 2 is 1.77 bits per heavy atom. The molecule has 9 heteroatoms. The number of hydrogen-bond donors (Lipinski definition) is 2. The van der Waals surface area contributed by atoms with E-state index < -0.39 is 17.8 Å². The van der Waals surface area contributed by atoms with Crippen molar-refractivity contribution in [3.63, 3.8) is 0 Å². The number of nitrogens with one attached hydrogen (secondary N) is 2. The van der Waals surface area contributed by atoms with Crippen molar-refractivity contribution in [2.45, 2.75) is 0 Å². The average molecular weight is 470 g/mol. The van der Waals surface area contributed by atoms with Crippen molar-refractivity contribution in [2.75, 3.05) is 6.54 Å². The molecule has 1 aromatic heterocycles. The molecule has 0 saturated heterocycles. The molecule has 2 aromatic carbocycles. The number of esters is 1. The van der Waals surface area contributed by atoms with Crippen molar-refractivity contribution in [1.82, 2.24) is 10.7 Å². The van der Waals surface area contributed by atoms with Crippen molar-refractivity contribution in [2.24, 2.45) is 5.10 Å². The van der Waals surface area contributed by atoms with Crippen molar-refractivity contribution in [3.8, 4) is 5.75 Å². The molecule has 8 nitrogen and oxygen atoms in total. The Hall–Kier alpha value is -3.72. The van der Waals surface area contributed by atoms with Gasteiger partial charge in [-0.3, -0.25) is 9.59 Å². The standard InChI is InChI=1S/C21H16BrN3O5/c22-16-7-5-15(6-8-16)21(28)30-17-9-3-14(4-10-17)12-24-25-19(26)13-23-20(27)18-2-1-11-29-18/h1-12H,13H2,(H,23,27)(H,25,26)/b24-12+. The van der Waals surface area contributed by atoms with Crippen LogP contribution >= 0.6 is 15.9 Å². The Balaban J connectivity index is 1.44. The van der Waals surface area contributed by atoms with Gasteiger partial charge < -0.3 is 14.5 Å². The summed E-state index contributed by atoms with van der Waals surface area (Å²) in [4.78, 5) is 35.5. The number of hydrogen-bond acceptors (Lipinski definition) is 6. The van der Waals surface area contributed by atoms with Crippen LogP contribution in [0, 0.1) is 0 Å². The van der Waals surface area contributed by atoms with Crippen LogP contribution in [-0.2, 0) is 4.79 Å². The summed E-state index contributed by atoms with van der Waals surface area (Å²) in [6, 6.07) is 16.5. The zero-order chi connectivity index (χ0) is 21.3. The number of benzene rings is 2. The number of carbonyl (C=O) groups excluding carboxylic acids is 3. The van der Waals surface area contributed by atoms with E-state index in [-0.39, 0.29) is 12.3 Å². The van der Waals surface area contributed by atoms with E-state index in [2.05, 4.69) is 31.8 Å². The Bertz CT molecular complexity index is 1050. The fourth-order valence-corrected chi connectivity index (χ4v) is 2.51. The molecule has 0 spiro atoms. The third-order valence-corrected chi connectivity index (χ3v) is 4.26. The summed E-state index contributed by atoms with van der Waals surface area (Å²) in [5.74, 6) is -0.955. The number of carbonyl (C=O) groups is 3. The molecule has 0 aliphatic heterocycles. The lowest BCUT2D eigenvalue weighted by molar-refractivity contribution is -0.120. The first kappa shape index (κ1) is 21.0. The second kappa shape index (κ2) is 10.2. The van der Waals surface area contributed by atoms with Gasteiger partial charge in [-0.2, -0.15) is 5.10 Å². The molecule has 0 bridgehead atoms. The Kier molecular flexibility index (Phi) is 7.12. The summed E-state index contributed by atoms with van der Waals surface area (Å²) in [5, 5.41) is 6.22. The van der Waals surface area contributed by atoms with Gasteiger partial charge in [-0.05, 0) is 66.2 Å². The van der Waals surface area contributed by atoms with Gasteiger partial charge in [0.15, 0.2) is 5.76 Å². The van der Waals surface area contributed by atoms with Crippen LogP contribution in [0.15, 0.2) is 80.9 Å². The highest BCUT2D eigenvalue weighted by Gasteiger charge is 2.10. The lowest BCUT2D eigenvalue weighted by Gasteiger charge is -2.05. The molecule has 0 saturated carbocycles. The van der Waals surface area contributed by atoms with Gasteiger partial charge in [0.2, 0.25) is 0 Å². The molecule has 0 aliphatic carbocycles. The quantitative estimate of drug-likeness (QED) is 0.239. The highest BCUT2D eigenvalue weighted by Crippen LogP contribution is 2.15. The van der Waals surface area contributed by atoms with Crippen LogP contribution in [0.2, 0.25) is 0 Å². The maximum Gasteiger partial charge on any atom is 0.343 e. The summed E-state index contributed by atoms with van der Waals surface area (Å²) < 4.78 is 11.1. The molecule has 1 heterocycles. The number of amides is 2. The van der Waals surface area contributed by atoms with Gasteiger partial charge in [0, 0.05) is 4.47 Å². The highest BCUT2D eigenvalue weighted by molar-refractivity contribution is 9.10. The zero-order valence-electron chi connectivity index (χ0n) is 15.5. The molecule has 0 atom stereocenters. The van der Waals surface area contributed by atoms with Crippen LogP contribution in [0.25, 0.3) is 0 Å². The van der Waals surface area contributed by atoms with Crippen LogP contribution in [-0.4, -0.2) is 30.5 Å². The third-order valence-electron chi connectivity index (χ3n) is 3.73. The maximum absolute atomic E-state index is 12.1. The summed E-state index contributed by atoms with van der Waals surface area (Å²) in [6.45, 7) is -0.248. The first-order valence-electron chi connectivity index (χ1n) is 8.73. The van der Waals surface area contributed by atoms with Gasteiger partial charge in [0.25, 0.3) is 11.8 Å². The van der Waals surface area contributed by atoms with Gasteiger partial charge in [0.1, 0.15) is 5.75 Å². The highest BCUT2D eigenvalue weighted by atomic mass is 79.9. The molecule has 2 amide bonds. The molecule has 0 aliphatic rings. The van der Waals surface area contributed by atoms with E-state index in [9.17, 15) is 14.4 Å². The Morgan fingerprint density at radius 1 is 1.03 bits per heavy atom. The summed E-state index contributed by atoms with van der Waals surface area (Å²) in [5.41, 5.74) is 3.42. The largest absolute Gasteiger partial charge is 0.459 e. The van der Waals surface area contributed by atoms with Crippen LogP contribution in [0.1, 0.15) is 26.5 Å². The van der Waals surface area contributed by atoms with Gasteiger partial charge in [0.05, 0.1) is 24.6 Å². The predicted molar refractivity (Wildman–Crippen MR) is 112 cm³/mol. The number of ether oxygens (including phenoxy) is 1. The Morgan fingerprint density at radius 3 is 2.43 bits per heavy atom. The molecule has 0 radical (unpaired) electrons. The number of rotatable bonds is 7. The van der Waals surface area contributed by atoms with Crippen molar-refractivity contribution in [1.29, 1.82) is 0 Å². The van der Waals surface area contributed by atoms with E-state index in [4.69, 9.17) is 9.15 Å². The first-order valence-corrected chi connectivity index (χ1v) is 9.52. The van der Waals surface area contributed by atoms with E-state index in [0.717, 1.165) is 4.47 Å². The third kappa shape index (κ3) is 6.14. The topological polar surface area (TPSA) is 110 Å². The van der Waals surface area contributed by atoms with Crippen LogP contribution < -0.4 is 15.5 Å². The zero-order valence-corrected chi connectivity index (χ0v) is 17.1. The SMILES string of the molecule is O=C(CNC(=O)c1ccco1)N/N=C/c1ccc(OC(=O)c2ccc(Br)cc2)cc1. The first-order chi connectivity index (χ1) is 14.5. The van der Waals surface area contributed by atoms with Gasteiger partial charge in [-0.25, -0.2) is 10.2 Å². The van der Waals surface area contributed by atoms with Gasteiger partial charge in [-0.15, -0.1) is 0 Å². The minimum atomic E-state index is -0.494. The molecule has 3 rings (SSSR count). The molecular weight excluding hydrogens is 454 g/mol. The van der Waals surface area contributed by atoms with Crippen LogP contribution in [0.3, 0.4) is 0 Å². The van der Waals surface area contributed by atoms with Gasteiger partial charge >= 0.3 is 5.97 Å². The minimum Gasteiger partial charge on any atom is -0.459 e. The monoisotopic (exact) mass is 469 g/mol. The van der Waals surface area contributed by atoms with Gasteiger partial charge in [-0.1, -0.05) is 15.9 Å². The van der Waals surface area contributed by atoms with E-state index in [1.165, 1.54) is 18.5 Å². The predicted octanol–water partition coefficient (Wildman–Crippen LogP) is 3.14. The lowest BCUT2D eigenvalue weighted by atomic mass is 10.2. The molecule has 30 heavy (non-hydrogen) atoms.